The maximum Gasteiger partial charge on any atom is 0.0718 e. The summed E-state index contributed by atoms with van der Waals surface area (Å²) < 4.78 is 0. The van der Waals surface area contributed by atoms with Gasteiger partial charge < -0.3 is 5.32 Å². The molecule has 0 amide bonds. The number of anilines is 1. The lowest BCUT2D eigenvalue weighted by molar-refractivity contribution is 0.00753. The van der Waals surface area contributed by atoms with Crippen LogP contribution in [0.3, 0.4) is 0 Å². The number of nitrogens with zero attached hydrogens (tertiary/aromatic N) is 1. The van der Waals surface area contributed by atoms with Crippen molar-refractivity contribution in [2.75, 3.05) is 5.32 Å². The summed E-state index contributed by atoms with van der Waals surface area (Å²) in [6.07, 6.45) is 10.9. The number of pyridine rings is 1. The molecule has 18 heavy (non-hydrogen) atoms. The molecule has 5 rings (SSSR count). The van der Waals surface area contributed by atoms with Crippen molar-refractivity contribution in [2.45, 2.75) is 38.1 Å². The first-order valence-corrected chi connectivity index (χ1v) is 7.53. The number of hydrogen-bond donors (Lipinski definition) is 1. The Morgan fingerprint density at radius 1 is 1.06 bits per heavy atom. The number of rotatable bonds is 2. The average Bonchev–Trinajstić information content (AvgIpc) is 2.35. The smallest absolute Gasteiger partial charge is 0.0718 e. The van der Waals surface area contributed by atoms with Crippen LogP contribution in [0.2, 0.25) is 5.02 Å². The van der Waals surface area contributed by atoms with Crippen LogP contribution in [0.4, 0.5) is 5.69 Å². The van der Waals surface area contributed by atoms with E-state index in [2.05, 4.69) is 10.3 Å². The van der Waals surface area contributed by atoms with Gasteiger partial charge in [-0.1, -0.05) is 11.6 Å². The minimum atomic E-state index is 0.638. The lowest BCUT2D eigenvalue weighted by atomic mass is 9.54. The Kier molecular flexibility index (Phi) is 2.54. The molecule has 1 aromatic rings. The second kappa shape index (κ2) is 4.12. The molecule has 4 saturated carbocycles. The lowest BCUT2D eigenvalue weighted by Crippen LogP contribution is -2.51. The molecule has 2 nitrogen and oxygen atoms in total. The number of nitrogens with one attached hydrogen (secondary N) is 1. The van der Waals surface area contributed by atoms with Crippen molar-refractivity contribution >= 4 is 17.3 Å². The highest BCUT2D eigenvalue weighted by Gasteiger charge is 2.48. The first-order valence-electron chi connectivity index (χ1n) is 7.15. The van der Waals surface area contributed by atoms with Crippen molar-refractivity contribution in [3.05, 3.63) is 23.5 Å². The second-order valence-electron chi connectivity index (χ2n) is 6.46. The van der Waals surface area contributed by atoms with Crippen LogP contribution >= 0.6 is 11.6 Å². The summed E-state index contributed by atoms with van der Waals surface area (Å²) in [5, 5.41) is 4.50. The maximum atomic E-state index is 6.24. The second-order valence-corrected chi connectivity index (χ2v) is 6.86. The molecule has 4 bridgehead atoms. The Morgan fingerprint density at radius 3 is 2.33 bits per heavy atom. The van der Waals surface area contributed by atoms with Crippen LogP contribution in [0.25, 0.3) is 0 Å². The highest BCUT2D eigenvalue weighted by molar-refractivity contribution is 6.33. The van der Waals surface area contributed by atoms with Crippen LogP contribution in [0.1, 0.15) is 32.1 Å². The van der Waals surface area contributed by atoms with E-state index in [1.54, 1.807) is 6.20 Å². The third-order valence-electron chi connectivity index (χ3n) is 5.32. The van der Waals surface area contributed by atoms with Crippen LogP contribution in [0.15, 0.2) is 18.5 Å². The third-order valence-corrected chi connectivity index (χ3v) is 5.65. The SMILES string of the molecule is Clc1ccncc1NC1C2CC3CC(C2)CC1C3. The molecular formula is C15H19ClN2. The van der Waals surface area contributed by atoms with Gasteiger partial charge in [-0.2, -0.15) is 0 Å². The Labute approximate surface area is 113 Å². The molecule has 0 unspecified atom stereocenters. The third kappa shape index (κ3) is 1.73. The molecule has 0 aromatic carbocycles. The van der Waals surface area contributed by atoms with Gasteiger partial charge in [-0.25, -0.2) is 0 Å². The van der Waals surface area contributed by atoms with Gasteiger partial charge in [-0.05, 0) is 61.8 Å². The summed E-state index contributed by atoms with van der Waals surface area (Å²) in [4.78, 5) is 4.18. The molecule has 1 N–H and O–H groups in total. The molecule has 3 heteroatoms. The Hall–Kier alpha value is -0.760. The summed E-state index contributed by atoms with van der Waals surface area (Å²) in [7, 11) is 0. The Balaban J connectivity index is 1.57. The largest absolute Gasteiger partial charge is 0.379 e. The van der Waals surface area contributed by atoms with Crippen LogP contribution in [-0.2, 0) is 0 Å². The normalized spacial score (nSPS) is 41.1. The first-order chi connectivity index (χ1) is 8.79. The molecule has 0 spiro atoms. The van der Waals surface area contributed by atoms with Gasteiger partial charge in [0.05, 0.1) is 16.9 Å². The van der Waals surface area contributed by atoms with Gasteiger partial charge >= 0.3 is 0 Å². The van der Waals surface area contributed by atoms with Gasteiger partial charge in [-0.15, -0.1) is 0 Å². The molecule has 96 valence electrons. The molecule has 0 radical (unpaired) electrons. The zero-order chi connectivity index (χ0) is 12.1. The predicted molar refractivity (Wildman–Crippen MR) is 73.7 cm³/mol. The summed E-state index contributed by atoms with van der Waals surface area (Å²) in [5.41, 5.74) is 1.02. The standard InChI is InChI=1S/C15H19ClN2/c16-13-1-2-17-8-14(13)18-15-11-4-9-3-10(6-11)7-12(15)5-9/h1-2,8-12,15,18H,3-7H2. The number of aromatic nitrogens is 1. The van der Waals surface area contributed by atoms with Crippen LogP contribution in [0, 0.1) is 23.7 Å². The number of halogens is 1. The van der Waals surface area contributed by atoms with Gasteiger partial charge in [0, 0.05) is 12.2 Å². The van der Waals surface area contributed by atoms with Gasteiger partial charge in [0.25, 0.3) is 0 Å². The minimum Gasteiger partial charge on any atom is -0.379 e. The van der Waals surface area contributed by atoms with E-state index < -0.39 is 0 Å². The Bertz CT molecular complexity index is 432. The van der Waals surface area contributed by atoms with Crippen molar-refractivity contribution in [1.82, 2.24) is 4.98 Å². The summed E-state index contributed by atoms with van der Waals surface area (Å²) in [5.74, 6) is 3.79. The summed E-state index contributed by atoms with van der Waals surface area (Å²) in [6.45, 7) is 0. The minimum absolute atomic E-state index is 0.638. The van der Waals surface area contributed by atoms with E-state index in [0.717, 1.165) is 34.4 Å². The molecule has 0 atom stereocenters. The zero-order valence-electron chi connectivity index (χ0n) is 10.5. The molecule has 0 aliphatic heterocycles. The summed E-state index contributed by atoms with van der Waals surface area (Å²) >= 11 is 6.24. The van der Waals surface area contributed by atoms with Crippen LogP contribution in [0.5, 0.6) is 0 Å². The van der Waals surface area contributed by atoms with E-state index in [0.29, 0.717) is 6.04 Å². The topological polar surface area (TPSA) is 24.9 Å². The average molecular weight is 263 g/mol. The fourth-order valence-corrected chi connectivity index (χ4v) is 4.98. The highest BCUT2D eigenvalue weighted by Crippen LogP contribution is 2.54. The van der Waals surface area contributed by atoms with Crippen LogP contribution < -0.4 is 5.32 Å². The van der Waals surface area contributed by atoms with Gasteiger partial charge in [0.15, 0.2) is 0 Å². The van der Waals surface area contributed by atoms with Gasteiger partial charge in [-0.3, -0.25) is 4.98 Å². The number of hydrogen-bond acceptors (Lipinski definition) is 2. The van der Waals surface area contributed by atoms with Crippen molar-refractivity contribution < 1.29 is 0 Å². The monoisotopic (exact) mass is 262 g/mol. The molecular weight excluding hydrogens is 244 g/mol. The van der Waals surface area contributed by atoms with Gasteiger partial charge in [0.1, 0.15) is 0 Å². The quantitative estimate of drug-likeness (QED) is 0.872. The van der Waals surface area contributed by atoms with E-state index in [4.69, 9.17) is 11.6 Å². The maximum absolute atomic E-state index is 6.24. The lowest BCUT2D eigenvalue weighted by Gasteiger charge is -2.54. The fraction of sp³-hybridized carbons (Fsp3) is 0.667. The van der Waals surface area contributed by atoms with E-state index >= 15 is 0 Å². The molecule has 4 aliphatic carbocycles. The Morgan fingerprint density at radius 2 is 1.72 bits per heavy atom. The molecule has 1 heterocycles. The molecule has 1 aromatic heterocycles. The fourth-order valence-electron chi connectivity index (χ4n) is 4.82. The van der Waals surface area contributed by atoms with Crippen molar-refractivity contribution in [2.24, 2.45) is 23.7 Å². The van der Waals surface area contributed by atoms with E-state index in [9.17, 15) is 0 Å². The molecule has 0 saturated heterocycles. The van der Waals surface area contributed by atoms with Crippen molar-refractivity contribution in [3.8, 4) is 0 Å². The van der Waals surface area contributed by atoms with Crippen molar-refractivity contribution in [1.29, 1.82) is 0 Å². The van der Waals surface area contributed by atoms with Crippen LogP contribution in [-0.4, -0.2) is 11.0 Å². The summed E-state index contributed by atoms with van der Waals surface area (Å²) in [6, 6.07) is 2.51. The predicted octanol–water partition coefficient (Wildman–Crippen LogP) is 3.97. The van der Waals surface area contributed by atoms with Crippen molar-refractivity contribution in [3.63, 3.8) is 0 Å². The van der Waals surface area contributed by atoms with Gasteiger partial charge in [0.2, 0.25) is 0 Å². The molecule has 4 fully saturated rings. The van der Waals surface area contributed by atoms with E-state index in [1.165, 1.54) is 32.1 Å². The first kappa shape index (κ1) is 11.1. The van der Waals surface area contributed by atoms with E-state index in [1.807, 2.05) is 12.3 Å². The highest BCUT2D eigenvalue weighted by atomic mass is 35.5. The molecule has 4 aliphatic rings. The van der Waals surface area contributed by atoms with E-state index in [-0.39, 0.29) is 0 Å². The zero-order valence-corrected chi connectivity index (χ0v) is 11.2.